The quantitative estimate of drug-likeness (QED) is 0.606. The van der Waals surface area contributed by atoms with Crippen LogP contribution in [0.5, 0.6) is 0 Å². The molecule has 30 heavy (non-hydrogen) atoms. The first-order valence-corrected chi connectivity index (χ1v) is 11.1. The van der Waals surface area contributed by atoms with Crippen molar-refractivity contribution < 1.29 is 14.1 Å². The largest absolute Gasteiger partial charge is 0.444 e. The van der Waals surface area contributed by atoms with Crippen molar-refractivity contribution in [1.29, 1.82) is 0 Å². The topological polar surface area (TPSA) is 80.5 Å². The summed E-state index contributed by atoms with van der Waals surface area (Å²) in [7, 11) is 0. The van der Waals surface area contributed by atoms with Crippen molar-refractivity contribution in [1.82, 2.24) is 15.0 Å². The van der Waals surface area contributed by atoms with E-state index in [9.17, 15) is 4.79 Å². The Morgan fingerprint density at radius 3 is 2.90 bits per heavy atom. The van der Waals surface area contributed by atoms with Gasteiger partial charge in [-0.3, -0.25) is 0 Å². The first-order chi connectivity index (χ1) is 14.2. The van der Waals surface area contributed by atoms with Gasteiger partial charge >= 0.3 is 6.09 Å². The third kappa shape index (κ3) is 4.43. The SMILES string of the molecule is Cc1oncc1-c1ccc2nc(NC(C)C3CCN(C(=O)OC(C)(C)C)C3)sc2c1. The van der Waals surface area contributed by atoms with E-state index >= 15 is 0 Å². The third-order valence-electron chi connectivity index (χ3n) is 5.38. The summed E-state index contributed by atoms with van der Waals surface area (Å²) in [6, 6.07) is 6.41. The van der Waals surface area contributed by atoms with Crippen molar-refractivity contribution in [2.75, 3.05) is 18.4 Å². The highest BCUT2D eigenvalue weighted by Gasteiger charge is 2.32. The number of nitrogens with zero attached hydrogens (tertiary/aromatic N) is 3. The highest BCUT2D eigenvalue weighted by molar-refractivity contribution is 7.22. The zero-order valence-electron chi connectivity index (χ0n) is 18.1. The summed E-state index contributed by atoms with van der Waals surface area (Å²) in [5.74, 6) is 1.17. The number of carbonyl (C=O) groups is 1. The van der Waals surface area contributed by atoms with Gasteiger partial charge in [0.15, 0.2) is 5.13 Å². The number of amides is 1. The molecule has 1 saturated heterocycles. The molecule has 1 aliphatic rings. The number of aryl methyl sites for hydroxylation is 1. The number of benzene rings is 1. The Morgan fingerprint density at radius 1 is 1.40 bits per heavy atom. The van der Waals surface area contributed by atoms with Crippen LogP contribution in [0, 0.1) is 12.8 Å². The summed E-state index contributed by atoms with van der Waals surface area (Å²) in [5.41, 5.74) is 2.58. The lowest BCUT2D eigenvalue weighted by Gasteiger charge is -2.25. The van der Waals surface area contributed by atoms with Crippen LogP contribution < -0.4 is 5.32 Å². The summed E-state index contributed by atoms with van der Waals surface area (Å²) < 4.78 is 11.8. The Kier molecular flexibility index (Phi) is 5.44. The van der Waals surface area contributed by atoms with Crippen molar-refractivity contribution >= 4 is 32.8 Å². The van der Waals surface area contributed by atoms with Gasteiger partial charge in [-0.25, -0.2) is 9.78 Å². The molecule has 2 atom stereocenters. The van der Waals surface area contributed by atoms with Gasteiger partial charge < -0.3 is 19.5 Å². The van der Waals surface area contributed by atoms with Crippen molar-refractivity contribution in [3.05, 3.63) is 30.2 Å². The number of likely N-dealkylation sites (tertiary alicyclic amines) is 1. The molecular weight excluding hydrogens is 400 g/mol. The number of hydrogen-bond acceptors (Lipinski definition) is 7. The van der Waals surface area contributed by atoms with Gasteiger partial charge in [0.05, 0.1) is 16.4 Å². The second-order valence-corrected chi connectivity index (χ2v) is 9.94. The zero-order valence-corrected chi connectivity index (χ0v) is 18.9. The predicted molar refractivity (Wildman–Crippen MR) is 119 cm³/mol. The minimum atomic E-state index is -0.468. The van der Waals surface area contributed by atoms with Crippen molar-refractivity contribution in [2.24, 2.45) is 5.92 Å². The van der Waals surface area contributed by atoms with Crippen molar-refractivity contribution in [2.45, 2.75) is 52.7 Å². The molecule has 3 aromatic rings. The van der Waals surface area contributed by atoms with Gasteiger partial charge in [-0.2, -0.15) is 0 Å². The van der Waals surface area contributed by atoms with E-state index in [2.05, 4.69) is 23.5 Å². The van der Waals surface area contributed by atoms with Crippen LogP contribution in [0.1, 0.15) is 39.9 Å². The summed E-state index contributed by atoms with van der Waals surface area (Å²) in [6.07, 6.45) is 2.47. The van der Waals surface area contributed by atoms with E-state index < -0.39 is 5.60 Å². The number of carbonyl (C=O) groups excluding carboxylic acids is 1. The maximum atomic E-state index is 12.3. The summed E-state index contributed by atoms with van der Waals surface area (Å²) in [5, 5.41) is 8.31. The highest BCUT2D eigenvalue weighted by atomic mass is 32.1. The molecule has 1 amide bonds. The first kappa shape index (κ1) is 20.7. The van der Waals surface area contributed by atoms with E-state index in [0.29, 0.717) is 12.5 Å². The van der Waals surface area contributed by atoms with E-state index in [1.807, 2.05) is 39.8 Å². The van der Waals surface area contributed by atoms with Gasteiger partial charge in [-0.05, 0) is 64.7 Å². The predicted octanol–water partition coefficient (Wildman–Crippen LogP) is 5.32. The molecule has 2 unspecified atom stereocenters. The lowest BCUT2D eigenvalue weighted by Crippen LogP contribution is -2.36. The maximum Gasteiger partial charge on any atom is 0.410 e. The number of anilines is 1. The molecule has 8 heteroatoms. The Morgan fingerprint density at radius 2 is 2.20 bits per heavy atom. The minimum Gasteiger partial charge on any atom is -0.444 e. The summed E-state index contributed by atoms with van der Waals surface area (Å²) >= 11 is 1.64. The molecule has 3 heterocycles. The van der Waals surface area contributed by atoms with Crippen molar-refractivity contribution in [3.8, 4) is 11.1 Å². The van der Waals surface area contributed by atoms with Crippen molar-refractivity contribution in [3.63, 3.8) is 0 Å². The molecule has 0 radical (unpaired) electrons. The van der Waals surface area contributed by atoms with Gasteiger partial charge in [0, 0.05) is 24.7 Å². The Balaban J connectivity index is 1.42. The lowest BCUT2D eigenvalue weighted by molar-refractivity contribution is 0.0287. The van der Waals surface area contributed by atoms with Crippen LogP contribution in [0.15, 0.2) is 28.9 Å². The number of ether oxygens (including phenoxy) is 1. The van der Waals surface area contributed by atoms with Gasteiger partial charge in [-0.15, -0.1) is 0 Å². The number of aromatic nitrogens is 2. The summed E-state index contributed by atoms with van der Waals surface area (Å²) in [4.78, 5) is 18.9. The molecule has 0 spiro atoms. The normalized spacial score (nSPS) is 18.0. The van der Waals surface area contributed by atoms with Gasteiger partial charge in [-0.1, -0.05) is 22.6 Å². The summed E-state index contributed by atoms with van der Waals surface area (Å²) in [6.45, 7) is 11.2. The van der Waals surface area contributed by atoms with Crippen LogP contribution in [0.2, 0.25) is 0 Å². The molecule has 160 valence electrons. The van der Waals surface area contributed by atoms with Crippen LogP contribution in [0.25, 0.3) is 21.3 Å². The second kappa shape index (κ2) is 7.91. The number of nitrogens with one attached hydrogen (secondary N) is 1. The minimum absolute atomic E-state index is 0.206. The molecule has 4 rings (SSSR count). The molecule has 1 fully saturated rings. The average Bonchev–Trinajstić information content (AvgIpc) is 3.38. The molecule has 7 nitrogen and oxygen atoms in total. The zero-order chi connectivity index (χ0) is 21.5. The Labute approximate surface area is 180 Å². The fourth-order valence-electron chi connectivity index (χ4n) is 3.73. The molecule has 0 saturated carbocycles. The number of hydrogen-bond donors (Lipinski definition) is 1. The van der Waals surface area contributed by atoms with E-state index in [1.165, 1.54) is 0 Å². The van der Waals surface area contributed by atoms with Gasteiger partial charge in [0.2, 0.25) is 0 Å². The van der Waals surface area contributed by atoms with Crippen LogP contribution in [-0.2, 0) is 4.74 Å². The maximum absolute atomic E-state index is 12.3. The Bertz CT molecular complexity index is 1050. The standard InChI is InChI=1S/C22H28N4O3S/c1-13(16-8-9-26(12-16)21(27)28-22(3,4)5)24-20-25-18-7-6-15(10-19(18)30-20)17-11-23-29-14(17)2/h6-7,10-11,13,16H,8-9,12H2,1-5H3,(H,24,25). The van der Waals surface area contributed by atoms with Crippen LogP contribution in [0.3, 0.4) is 0 Å². The fourth-order valence-corrected chi connectivity index (χ4v) is 4.73. The van der Waals surface area contributed by atoms with E-state index in [0.717, 1.165) is 45.2 Å². The van der Waals surface area contributed by atoms with Crippen LogP contribution in [-0.4, -0.2) is 45.9 Å². The lowest BCUT2D eigenvalue weighted by atomic mass is 10.0. The molecule has 1 N–H and O–H groups in total. The van der Waals surface area contributed by atoms with Gasteiger partial charge in [0.1, 0.15) is 11.4 Å². The Hall–Kier alpha value is -2.61. The highest BCUT2D eigenvalue weighted by Crippen LogP contribution is 2.33. The van der Waals surface area contributed by atoms with Crippen LogP contribution in [0.4, 0.5) is 9.93 Å². The second-order valence-electron chi connectivity index (χ2n) is 8.91. The molecule has 1 aliphatic heterocycles. The third-order valence-corrected chi connectivity index (χ3v) is 6.33. The number of rotatable bonds is 4. The first-order valence-electron chi connectivity index (χ1n) is 10.3. The average molecular weight is 429 g/mol. The number of thiazole rings is 1. The molecule has 2 aromatic heterocycles. The fraction of sp³-hybridized carbons (Fsp3) is 0.500. The monoisotopic (exact) mass is 428 g/mol. The molecular formula is C22H28N4O3S. The van der Waals surface area contributed by atoms with E-state index in [1.54, 1.807) is 22.4 Å². The molecule has 1 aromatic carbocycles. The molecule has 0 aliphatic carbocycles. The van der Waals surface area contributed by atoms with Gasteiger partial charge in [0.25, 0.3) is 0 Å². The molecule has 0 bridgehead atoms. The van der Waals surface area contributed by atoms with E-state index in [-0.39, 0.29) is 12.1 Å². The smallest absolute Gasteiger partial charge is 0.410 e. The number of fused-ring (bicyclic) bond motifs is 1. The van der Waals surface area contributed by atoms with E-state index in [4.69, 9.17) is 14.2 Å². The van der Waals surface area contributed by atoms with Crippen LogP contribution >= 0.6 is 11.3 Å².